The minimum absolute atomic E-state index is 0.00579. The van der Waals surface area contributed by atoms with Crippen molar-refractivity contribution in [3.63, 3.8) is 0 Å². The van der Waals surface area contributed by atoms with Gasteiger partial charge in [-0.05, 0) is 20.8 Å². The molecule has 0 amide bonds. The van der Waals surface area contributed by atoms with Gasteiger partial charge in [0, 0.05) is 12.1 Å². The second-order valence-corrected chi connectivity index (χ2v) is 3.76. The Morgan fingerprint density at radius 3 is 2.60 bits per heavy atom. The molecule has 0 heterocycles. The van der Waals surface area contributed by atoms with Gasteiger partial charge >= 0.3 is 0 Å². The highest BCUT2D eigenvalue weighted by Crippen LogP contribution is 2.39. The molecule has 0 spiro atoms. The van der Waals surface area contributed by atoms with E-state index in [0.29, 0.717) is 23.1 Å². The molecule has 3 nitrogen and oxygen atoms in total. The summed E-state index contributed by atoms with van der Waals surface area (Å²) < 4.78 is 10.8. The highest BCUT2D eigenvalue weighted by molar-refractivity contribution is 6.32. The van der Waals surface area contributed by atoms with Gasteiger partial charge in [0.2, 0.25) is 0 Å². The maximum absolute atomic E-state index is 9.36. The van der Waals surface area contributed by atoms with Gasteiger partial charge in [-0.3, -0.25) is 0 Å². The number of hydrogen-bond acceptors (Lipinski definition) is 3. The summed E-state index contributed by atoms with van der Waals surface area (Å²) in [5, 5.41) is 9.71. The fourth-order valence-corrected chi connectivity index (χ4v) is 1.42. The van der Waals surface area contributed by atoms with Gasteiger partial charge in [0.25, 0.3) is 0 Å². The van der Waals surface area contributed by atoms with Crippen molar-refractivity contribution >= 4 is 11.6 Å². The summed E-state index contributed by atoms with van der Waals surface area (Å²) in [5.74, 6) is 1.02. The van der Waals surface area contributed by atoms with Gasteiger partial charge in [-0.2, -0.15) is 0 Å². The number of rotatable bonds is 4. The fourth-order valence-electron chi connectivity index (χ4n) is 1.17. The Kier molecular flexibility index (Phi) is 4.09. The molecule has 0 aliphatic heterocycles. The van der Waals surface area contributed by atoms with Crippen LogP contribution in [0.25, 0.3) is 0 Å². The normalized spacial score (nSPS) is 10.5. The Labute approximate surface area is 94.6 Å². The van der Waals surface area contributed by atoms with E-state index < -0.39 is 0 Å². The van der Waals surface area contributed by atoms with Crippen molar-refractivity contribution in [2.45, 2.75) is 26.9 Å². The van der Waals surface area contributed by atoms with E-state index in [1.807, 2.05) is 20.8 Å². The molecule has 0 fully saturated rings. The highest BCUT2D eigenvalue weighted by atomic mass is 35.5. The maximum Gasteiger partial charge on any atom is 0.180 e. The molecule has 0 saturated heterocycles. The smallest absolute Gasteiger partial charge is 0.180 e. The minimum Gasteiger partial charge on any atom is -0.508 e. The van der Waals surface area contributed by atoms with Crippen molar-refractivity contribution in [1.29, 1.82) is 0 Å². The van der Waals surface area contributed by atoms with Crippen LogP contribution in [0.3, 0.4) is 0 Å². The summed E-state index contributed by atoms with van der Waals surface area (Å²) in [6, 6.07) is 2.93. The van der Waals surface area contributed by atoms with E-state index >= 15 is 0 Å². The zero-order valence-electron chi connectivity index (χ0n) is 9.08. The van der Waals surface area contributed by atoms with E-state index in [9.17, 15) is 5.11 Å². The third-order valence-corrected chi connectivity index (χ3v) is 1.93. The summed E-state index contributed by atoms with van der Waals surface area (Å²) in [4.78, 5) is 0. The van der Waals surface area contributed by atoms with E-state index in [2.05, 4.69) is 0 Å². The summed E-state index contributed by atoms with van der Waals surface area (Å²) >= 11 is 5.95. The predicted octanol–water partition coefficient (Wildman–Crippen LogP) is 3.23. The van der Waals surface area contributed by atoms with Crippen molar-refractivity contribution in [2.24, 2.45) is 0 Å². The second kappa shape index (κ2) is 5.12. The summed E-state index contributed by atoms with van der Waals surface area (Å²) in [6.45, 7) is 6.16. The summed E-state index contributed by atoms with van der Waals surface area (Å²) in [5.41, 5.74) is 0. The molecule has 0 saturated carbocycles. The summed E-state index contributed by atoms with van der Waals surface area (Å²) in [6.07, 6.45) is 0.00579. The first-order valence-electron chi connectivity index (χ1n) is 4.86. The standard InChI is InChI=1S/C11H15ClO3/c1-4-14-10-6-8(13)5-9(12)11(10)15-7(2)3/h5-7,13H,4H2,1-3H3. The molecule has 1 N–H and O–H groups in total. The highest BCUT2D eigenvalue weighted by Gasteiger charge is 2.13. The molecule has 0 aliphatic rings. The molecule has 15 heavy (non-hydrogen) atoms. The van der Waals surface area contributed by atoms with Crippen molar-refractivity contribution in [2.75, 3.05) is 6.61 Å². The lowest BCUT2D eigenvalue weighted by atomic mass is 10.3. The zero-order valence-corrected chi connectivity index (χ0v) is 9.84. The molecule has 1 aromatic rings. The van der Waals surface area contributed by atoms with Crippen LogP contribution in [-0.2, 0) is 0 Å². The zero-order chi connectivity index (χ0) is 11.4. The number of halogens is 1. The molecule has 0 aliphatic carbocycles. The molecule has 0 aromatic heterocycles. The molecule has 4 heteroatoms. The molecular weight excluding hydrogens is 216 g/mol. The van der Waals surface area contributed by atoms with Gasteiger partial charge in [0.05, 0.1) is 17.7 Å². The van der Waals surface area contributed by atoms with Crippen molar-refractivity contribution in [3.8, 4) is 17.2 Å². The number of hydrogen-bond donors (Lipinski definition) is 1. The van der Waals surface area contributed by atoms with Crippen molar-refractivity contribution < 1.29 is 14.6 Å². The third kappa shape index (κ3) is 3.20. The van der Waals surface area contributed by atoms with Crippen LogP contribution >= 0.6 is 11.6 Å². The maximum atomic E-state index is 9.36. The monoisotopic (exact) mass is 230 g/mol. The third-order valence-electron chi connectivity index (χ3n) is 1.65. The lowest BCUT2D eigenvalue weighted by Gasteiger charge is -2.15. The molecule has 0 atom stereocenters. The number of ether oxygens (including phenoxy) is 2. The van der Waals surface area contributed by atoms with Gasteiger partial charge in [-0.1, -0.05) is 11.6 Å². The first kappa shape index (κ1) is 12.0. The van der Waals surface area contributed by atoms with Crippen LogP contribution in [0.15, 0.2) is 12.1 Å². The number of aromatic hydroxyl groups is 1. The largest absolute Gasteiger partial charge is 0.508 e. The van der Waals surface area contributed by atoms with Crippen LogP contribution in [0.2, 0.25) is 5.02 Å². The molecule has 0 unspecified atom stereocenters. The Morgan fingerprint density at radius 2 is 2.07 bits per heavy atom. The molecule has 0 bridgehead atoms. The van der Waals surface area contributed by atoms with Crippen molar-refractivity contribution in [3.05, 3.63) is 17.2 Å². The number of phenolic OH excluding ortho intramolecular Hbond substituents is 1. The van der Waals surface area contributed by atoms with Gasteiger partial charge in [0.1, 0.15) is 5.75 Å². The Morgan fingerprint density at radius 1 is 1.40 bits per heavy atom. The molecule has 1 aromatic carbocycles. The average Bonchev–Trinajstić information content (AvgIpc) is 2.11. The molecular formula is C11H15ClO3. The first-order chi connectivity index (χ1) is 7.04. The van der Waals surface area contributed by atoms with Crippen molar-refractivity contribution in [1.82, 2.24) is 0 Å². The van der Waals surface area contributed by atoms with Gasteiger partial charge in [-0.25, -0.2) is 0 Å². The van der Waals surface area contributed by atoms with Crippen LogP contribution < -0.4 is 9.47 Å². The van der Waals surface area contributed by atoms with Crippen LogP contribution in [0.4, 0.5) is 0 Å². The summed E-state index contributed by atoms with van der Waals surface area (Å²) in [7, 11) is 0. The van der Waals surface area contributed by atoms with Gasteiger partial charge < -0.3 is 14.6 Å². The van der Waals surface area contributed by atoms with E-state index in [-0.39, 0.29) is 11.9 Å². The van der Waals surface area contributed by atoms with Crippen LogP contribution in [0.5, 0.6) is 17.2 Å². The lowest BCUT2D eigenvalue weighted by Crippen LogP contribution is -2.07. The van der Waals surface area contributed by atoms with Crippen LogP contribution in [-0.4, -0.2) is 17.8 Å². The fraction of sp³-hybridized carbons (Fsp3) is 0.455. The Balaban J connectivity index is 3.08. The quantitative estimate of drug-likeness (QED) is 0.863. The van der Waals surface area contributed by atoms with E-state index in [4.69, 9.17) is 21.1 Å². The minimum atomic E-state index is 0.00579. The van der Waals surface area contributed by atoms with E-state index in [1.165, 1.54) is 12.1 Å². The van der Waals surface area contributed by atoms with Crippen LogP contribution in [0.1, 0.15) is 20.8 Å². The average molecular weight is 231 g/mol. The van der Waals surface area contributed by atoms with E-state index in [1.54, 1.807) is 0 Å². The molecule has 84 valence electrons. The topological polar surface area (TPSA) is 38.7 Å². The van der Waals surface area contributed by atoms with E-state index in [0.717, 1.165) is 0 Å². The molecule has 0 radical (unpaired) electrons. The first-order valence-corrected chi connectivity index (χ1v) is 5.24. The van der Waals surface area contributed by atoms with Gasteiger partial charge in [0.15, 0.2) is 11.5 Å². The second-order valence-electron chi connectivity index (χ2n) is 3.35. The molecule has 1 rings (SSSR count). The number of phenols is 1. The lowest BCUT2D eigenvalue weighted by molar-refractivity contribution is 0.223. The van der Waals surface area contributed by atoms with Crippen LogP contribution in [0, 0.1) is 0 Å². The Hall–Kier alpha value is -1.09. The SMILES string of the molecule is CCOc1cc(O)cc(Cl)c1OC(C)C. The Bertz CT molecular complexity index is 337. The number of benzene rings is 1. The van der Waals surface area contributed by atoms with Gasteiger partial charge in [-0.15, -0.1) is 0 Å². The predicted molar refractivity (Wildman–Crippen MR) is 60.0 cm³/mol.